The SMILES string of the molecule is C[C@H](C[C@@H]1C=C[C@](C)(O)C1)[C@H]1CCC2C(=CBr)CCC[C@@]21C. The summed E-state index contributed by atoms with van der Waals surface area (Å²) in [5.41, 5.74) is 1.60. The van der Waals surface area contributed by atoms with Gasteiger partial charge in [-0.1, -0.05) is 47.5 Å². The third kappa shape index (κ3) is 2.98. The second-order valence-corrected chi connectivity index (χ2v) is 9.13. The number of fused-ring (bicyclic) bond motifs is 1. The van der Waals surface area contributed by atoms with E-state index < -0.39 is 5.60 Å². The van der Waals surface area contributed by atoms with Crippen molar-refractivity contribution in [1.82, 2.24) is 0 Å². The molecular weight excluding hydrogens is 336 g/mol. The van der Waals surface area contributed by atoms with Crippen molar-refractivity contribution in [3.05, 3.63) is 22.7 Å². The van der Waals surface area contributed by atoms with Crippen molar-refractivity contribution in [2.24, 2.45) is 29.1 Å². The van der Waals surface area contributed by atoms with Gasteiger partial charge in [0.05, 0.1) is 5.60 Å². The highest BCUT2D eigenvalue weighted by Gasteiger charge is 2.50. The molecule has 3 aliphatic carbocycles. The lowest BCUT2D eigenvalue weighted by Gasteiger charge is -2.44. The zero-order valence-electron chi connectivity index (χ0n) is 14.3. The van der Waals surface area contributed by atoms with Gasteiger partial charge in [0.1, 0.15) is 0 Å². The molecule has 2 heteroatoms. The molecule has 6 atom stereocenters. The molecule has 0 amide bonds. The molecule has 3 aliphatic rings. The lowest BCUT2D eigenvalue weighted by molar-refractivity contribution is 0.0756. The van der Waals surface area contributed by atoms with E-state index in [1.165, 1.54) is 38.5 Å². The first-order chi connectivity index (χ1) is 10.4. The molecule has 0 heterocycles. The minimum absolute atomic E-state index is 0.502. The summed E-state index contributed by atoms with van der Waals surface area (Å²) in [5, 5.41) is 10.1. The fourth-order valence-corrected chi connectivity index (χ4v) is 6.51. The molecule has 2 saturated carbocycles. The highest BCUT2D eigenvalue weighted by atomic mass is 79.9. The molecule has 1 nitrogen and oxygen atoms in total. The lowest BCUT2D eigenvalue weighted by Crippen LogP contribution is -2.36. The number of hydrogen-bond acceptors (Lipinski definition) is 1. The van der Waals surface area contributed by atoms with E-state index in [1.807, 2.05) is 13.0 Å². The predicted molar refractivity (Wildman–Crippen MR) is 96.8 cm³/mol. The van der Waals surface area contributed by atoms with E-state index in [1.54, 1.807) is 5.57 Å². The molecule has 124 valence electrons. The minimum Gasteiger partial charge on any atom is -0.386 e. The number of hydrogen-bond donors (Lipinski definition) is 1. The first-order valence-corrected chi connectivity index (χ1v) is 9.98. The number of rotatable bonds is 3. The van der Waals surface area contributed by atoms with Crippen molar-refractivity contribution in [3.8, 4) is 0 Å². The molecule has 0 aromatic carbocycles. The Morgan fingerprint density at radius 2 is 2.18 bits per heavy atom. The molecule has 3 rings (SSSR count). The van der Waals surface area contributed by atoms with E-state index in [9.17, 15) is 5.11 Å². The second-order valence-electron chi connectivity index (χ2n) is 8.67. The van der Waals surface area contributed by atoms with Gasteiger partial charge in [-0.3, -0.25) is 0 Å². The summed E-state index contributed by atoms with van der Waals surface area (Å²) in [6.07, 6.45) is 13.2. The third-order valence-electron chi connectivity index (χ3n) is 6.94. The van der Waals surface area contributed by atoms with E-state index in [0.29, 0.717) is 11.3 Å². The Balaban J connectivity index is 1.69. The summed E-state index contributed by atoms with van der Waals surface area (Å²) in [4.78, 5) is 2.22. The van der Waals surface area contributed by atoms with Crippen LogP contribution in [0.1, 0.15) is 65.7 Å². The van der Waals surface area contributed by atoms with Gasteiger partial charge in [-0.15, -0.1) is 0 Å². The van der Waals surface area contributed by atoms with E-state index in [2.05, 4.69) is 40.8 Å². The zero-order chi connectivity index (χ0) is 16.0. The molecule has 0 aliphatic heterocycles. The van der Waals surface area contributed by atoms with Gasteiger partial charge >= 0.3 is 0 Å². The van der Waals surface area contributed by atoms with Gasteiger partial charge in [-0.25, -0.2) is 0 Å². The van der Waals surface area contributed by atoms with Gasteiger partial charge in [0.2, 0.25) is 0 Å². The molecule has 0 spiro atoms. The molecule has 0 saturated heterocycles. The summed E-state index contributed by atoms with van der Waals surface area (Å²) < 4.78 is 0. The number of allylic oxidation sites excluding steroid dienone is 2. The molecule has 2 fully saturated rings. The quantitative estimate of drug-likeness (QED) is 0.622. The van der Waals surface area contributed by atoms with Crippen molar-refractivity contribution in [2.75, 3.05) is 0 Å². The van der Waals surface area contributed by atoms with E-state index >= 15 is 0 Å². The molecule has 0 bridgehead atoms. The molecule has 0 aromatic heterocycles. The van der Waals surface area contributed by atoms with Crippen molar-refractivity contribution in [1.29, 1.82) is 0 Å². The van der Waals surface area contributed by atoms with Gasteiger partial charge in [-0.05, 0) is 85.9 Å². The van der Waals surface area contributed by atoms with Crippen LogP contribution in [-0.4, -0.2) is 10.7 Å². The lowest BCUT2D eigenvalue weighted by atomic mass is 9.61. The second kappa shape index (κ2) is 6.09. The summed E-state index contributed by atoms with van der Waals surface area (Å²) in [5.74, 6) is 2.98. The molecule has 0 aromatic rings. The fraction of sp³-hybridized carbons (Fsp3) is 0.800. The summed E-state index contributed by atoms with van der Waals surface area (Å²) in [6.45, 7) is 6.96. The van der Waals surface area contributed by atoms with Crippen LogP contribution in [0.25, 0.3) is 0 Å². The fourth-order valence-electron chi connectivity index (χ4n) is 5.96. The Labute approximate surface area is 144 Å². The van der Waals surface area contributed by atoms with Crippen LogP contribution >= 0.6 is 15.9 Å². The molecule has 1 N–H and O–H groups in total. The number of halogens is 1. The minimum atomic E-state index is -0.566. The maximum atomic E-state index is 10.1. The Hall–Kier alpha value is -0.0800. The standard InChI is InChI=1S/C20H31BrO/c1-14(11-15-8-10-19(2,22)12-15)17-6-7-18-16(13-21)5-4-9-20(17,18)3/h8,10,13-15,17-18,22H,4-7,9,11-12H2,1-3H3/t14-,15+,17-,18?,19+,20-/m1/s1. The Bertz CT molecular complexity index is 478. The molecule has 22 heavy (non-hydrogen) atoms. The Morgan fingerprint density at radius 3 is 2.82 bits per heavy atom. The van der Waals surface area contributed by atoms with Gasteiger partial charge < -0.3 is 5.11 Å². The van der Waals surface area contributed by atoms with Crippen molar-refractivity contribution in [2.45, 2.75) is 71.3 Å². The molecular formula is C20H31BrO. The first kappa shape index (κ1) is 16.8. The first-order valence-electron chi connectivity index (χ1n) is 9.06. The Morgan fingerprint density at radius 1 is 1.41 bits per heavy atom. The van der Waals surface area contributed by atoms with Crippen molar-refractivity contribution in [3.63, 3.8) is 0 Å². The zero-order valence-corrected chi connectivity index (χ0v) is 15.9. The summed E-state index contributed by atoms with van der Waals surface area (Å²) in [7, 11) is 0. The van der Waals surface area contributed by atoms with Gasteiger partial charge in [0, 0.05) is 0 Å². The highest BCUT2D eigenvalue weighted by Crippen LogP contribution is 2.60. The molecule has 0 radical (unpaired) electrons. The maximum Gasteiger partial charge on any atom is 0.0805 e. The Kier molecular flexibility index (Phi) is 4.64. The van der Waals surface area contributed by atoms with Crippen LogP contribution in [0.2, 0.25) is 0 Å². The van der Waals surface area contributed by atoms with Gasteiger partial charge in [0.15, 0.2) is 0 Å². The van der Waals surface area contributed by atoms with Crippen LogP contribution in [0.5, 0.6) is 0 Å². The average molecular weight is 367 g/mol. The van der Waals surface area contributed by atoms with E-state index in [4.69, 9.17) is 0 Å². The van der Waals surface area contributed by atoms with Gasteiger partial charge in [-0.2, -0.15) is 0 Å². The monoisotopic (exact) mass is 366 g/mol. The average Bonchev–Trinajstić information content (AvgIpc) is 2.97. The van der Waals surface area contributed by atoms with Crippen molar-refractivity contribution < 1.29 is 5.11 Å². The van der Waals surface area contributed by atoms with Crippen molar-refractivity contribution >= 4 is 15.9 Å². The van der Waals surface area contributed by atoms with Crippen LogP contribution in [0, 0.1) is 29.1 Å². The predicted octanol–water partition coefficient (Wildman–Crippen LogP) is 5.83. The van der Waals surface area contributed by atoms with Crippen LogP contribution in [0.4, 0.5) is 0 Å². The van der Waals surface area contributed by atoms with Crippen LogP contribution < -0.4 is 0 Å². The van der Waals surface area contributed by atoms with E-state index in [-0.39, 0.29) is 0 Å². The smallest absolute Gasteiger partial charge is 0.0805 e. The third-order valence-corrected chi connectivity index (χ3v) is 7.53. The summed E-state index contributed by atoms with van der Waals surface area (Å²) in [6, 6.07) is 0. The topological polar surface area (TPSA) is 20.2 Å². The van der Waals surface area contributed by atoms with Crippen LogP contribution in [0.3, 0.4) is 0 Å². The van der Waals surface area contributed by atoms with E-state index in [0.717, 1.165) is 24.2 Å². The number of aliphatic hydroxyl groups is 1. The molecule has 1 unspecified atom stereocenters. The normalized spacial score (nSPS) is 47.9. The maximum absolute atomic E-state index is 10.1. The van der Waals surface area contributed by atoms with Crippen LogP contribution in [-0.2, 0) is 0 Å². The largest absolute Gasteiger partial charge is 0.386 e. The highest BCUT2D eigenvalue weighted by molar-refractivity contribution is 9.11. The summed E-state index contributed by atoms with van der Waals surface area (Å²) >= 11 is 3.61. The van der Waals surface area contributed by atoms with Crippen LogP contribution in [0.15, 0.2) is 22.7 Å². The van der Waals surface area contributed by atoms with Gasteiger partial charge in [0.25, 0.3) is 0 Å².